The summed E-state index contributed by atoms with van der Waals surface area (Å²) < 4.78 is 12.8. The summed E-state index contributed by atoms with van der Waals surface area (Å²) in [4.78, 5) is 0. The lowest BCUT2D eigenvalue weighted by molar-refractivity contribution is 0.626. The molecule has 0 atom stereocenters. The number of halogens is 1. The molecule has 0 spiro atoms. The maximum Gasteiger partial charge on any atom is 0.123 e. The van der Waals surface area contributed by atoms with E-state index in [0.717, 1.165) is 29.5 Å². The van der Waals surface area contributed by atoms with Gasteiger partial charge in [-0.2, -0.15) is 5.26 Å². The molecule has 0 radical (unpaired) electrons. The topological polar surface area (TPSA) is 23.8 Å². The van der Waals surface area contributed by atoms with E-state index in [1.165, 1.54) is 6.07 Å². The molecule has 0 saturated heterocycles. The van der Waals surface area contributed by atoms with Gasteiger partial charge in [0.05, 0.1) is 6.07 Å². The number of allylic oxidation sites excluding steroid dienone is 2. The van der Waals surface area contributed by atoms with Crippen LogP contribution in [0.25, 0.3) is 5.57 Å². The maximum atomic E-state index is 12.8. The number of rotatable bonds is 0. The summed E-state index contributed by atoms with van der Waals surface area (Å²) in [5.74, 6) is -0.197. The summed E-state index contributed by atoms with van der Waals surface area (Å²) in [7, 11) is 0. The second-order valence-electron chi connectivity index (χ2n) is 3.10. The number of hydrogen-bond donors (Lipinski definition) is 0. The Morgan fingerprint density at radius 3 is 3.00 bits per heavy atom. The van der Waals surface area contributed by atoms with E-state index >= 15 is 0 Å². The monoisotopic (exact) mass is 173 g/mol. The first-order valence-corrected chi connectivity index (χ1v) is 4.19. The molecule has 0 saturated carbocycles. The van der Waals surface area contributed by atoms with Crippen molar-refractivity contribution in [2.75, 3.05) is 0 Å². The largest absolute Gasteiger partial charge is 0.207 e. The van der Waals surface area contributed by atoms with Crippen molar-refractivity contribution in [3.05, 3.63) is 41.2 Å². The molecular weight excluding hydrogens is 165 g/mol. The molecule has 1 aromatic carbocycles. The number of benzene rings is 1. The van der Waals surface area contributed by atoms with Crippen LogP contribution in [0.4, 0.5) is 4.39 Å². The maximum absolute atomic E-state index is 12.8. The molecule has 0 unspecified atom stereocenters. The molecule has 0 amide bonds. The minimum atomic E-state index is -0.197. The van der Waals surface area contributed by atoms with E-state index in [-0.39, 0.29) is 5.82 Å². The average Bonchev–Trinajstić information content (AvgIpc) is 2.49. The van der Waals surface area contributed by atoms with Gasteiger partial charge in [0.15, 0.2) is 0 Å². The molecule has 2 heteroatoms. The molecule has 1 aromatic rings. The van der Waals surface area contributed by atoms with Crippen LogP contribution in [0.1, 0.15) is 17.5 Å². The Labute approximate surface area is 76.1 Å². The summed E-state index contributed by atoms with van der Waals surface area (Å²) in [6.45, 7) is 0. The highest BCUT2D eigenvalue weighted by atomic mass is 19.1. The first-order valence-electron chi connectivity index (χ1n) is 4.19. The first kappa shape index (κ1) is 8.00. The highest BCUT2D eigenvalue weighted by Crippen LogP contribution is 2.31. The predicted molar refractivity (Wildman–Crippen MR) is 48.3 cm³/mol. The lowest BCUT2D eigenvalue weighted by Crippen LogP contribution is -1.82. The molecule has 0 heterocycles. The van der Waals surface area contributed by atoms with Gasteiger partial charge in [-0.3, -0.25) is 0 Å². The van der Waals surface area contributed by atoms with Crippen LogP contribution in [0.15, 0.2) is 24.3 Å². The minimum absolute atomic E-state index is 0.197. The van der Waals surface area contributed by atoms with Crippen LogP contribution in [0.5, 0.6) is 0 Å². The van der Waals surface area contributed by atoms with Crippen LogP contribution in [0, 0.1) is 17.1 Å². The molecule has 0 bridgehead atoms. The number of nitrogens with zero attached hydrogens (tertiary/aromatic N) is 1. The molecule has 2 rings (SSSR count). The van der Waals surface area contributed by atoms with Gasteiger partial charge in [0, 0.05) is 6.08 Å². The van der Waals surface area contributed by atoms with Gasteiger partial charge in [0.25, 0.3) is 0 Å². The smallest absolute Gasteiger partial charge is 0.123 e. The second kappa shape index (κ2) is 3.02. The van der Waals surface area contributed by atoms with E-state index < -0.39 is 0 Å². The zero-order valence-corrected chi connectivity index (χ0v) is 7.05. The quantitative estimate of drug-likeness (QED) is 0.553. The van der Waals surface area contributed by atoms with Gasteiger partial charge < -0.3 is 0 Å². The molecule has 0 aromatic heterocycles. The van der Waals surface area contributed by atoms with Crippen molar-refractivity contribution in [3.63, 3.8) is 0 Å². The van der Waals surface area contributed by atoms with Crippen molar-refractivity contribution >= 4 is 5.57 Å². The Morgan fingerprint density at radius 1 is 1.38 bits per heavy atom. The third-order valence-corrected chi connectivity index (χ3v) is 2.32. The Hall–Kier alpha value is -1.62. The fourth-order valence-electron chi connectivity index (χ4n) is 1.71. The summed E-state index contributed by atoms with van der Waals surface area (Å²) in [6.07, 6.45) is 3.25. The van der Waals surface area contributed by atoms with Crippen molar-refractivity contribution in [1.82, 2.24) is 0 Å². The fraction of sp³-hybridized carbons (Fsp3) is 0.182. The van der Waals surface area contributed by atoms with E-state index in [1.54, 1.807) is 18.2 Å². The molecule has 64 valence electrons. The summed E-state index contributed by atoms with van der Waals surface area (Å²) in [5.41, 5.74) is 3.07. The average molecular weight is 173 g/mol. The Morgan fingerprint density at radius 2 is 2.23 bits per heavy atom. The molecule has 0 fully saturated rings. The molecule has 1 aliphatic carbocycles. The Bertz CT molecular complexity index is 413. The van der Waals surface area contributed by atoms with Gasteiger partial charge in [-0.1, -0.05) is 6.07 Å². The van der Waals surface area contributed by atoms with Gasteiger partial charge in [0.2, 0.25) is 0 Å². The zero-order valence-electron chi connectivity index (χ0n) is 7.05. The van der Waals surface area contributed by atoms with Crippen molar-refractivity contribution in [3.8, 4) is 6.07 Å². The van der Waals surface area contributed by atoms with Crippen molar-refractivity contribution < 1.29 is 4.39 Å². The number of hydrogen-bond acceptors (Lipinski definition) is 1. The fourth-order valence-corrected chi connectivity index (χ4v) is 1.71. The van der Waals surface area contributed by atoms with Gasteiger partial charge in [-0.15, -0.1) is 0 Å². The molecule has 0 N–H and O–H groups in total. The van der Waals surface area contributed by atoms with Crippen LogP contribution in [0.3, 0.4) is 0 Å². The predicted octanol–water partition coefficient (Wildman–Crippen LogP) is 2.68. The van der Waals surface area contributed by atoms with Crippen molar-refractivity contribution in [1.29, 1.82) is 5.26 Å². The van der Waals surface area contributed by atoms with E-state index in [0.29, 0.717) is 0 Å². The van der Waals surface area contributed by atoms with Crippen LogP contribution in [-0.2, 0) is 6.42 Å². The van der Waals surface area contributed by atoms with Crippen molar-refractivity contribution in [2.45, 2.75) is 12.8 Å². The minimum Gasteiger partial charge on any atom is -0.207 e. The lowest BCUT2D eigenvalue weighted by Gasteiger charge is -1.98. The Balaban J connectivity index is 2.51. The van der Waals surface area contributed by atoms with Gasteiger partial charge >= 0.3 is 0 Å². The zero-order chi connectivity index (χ0) is 9.26. The SMILES string of the molecule is N#CC=C1CCc2cc(F)ccc21. The lowest BCUT2D eigenvalue weighted by atomic mass is 10.1. The molecule has 1 aliphatic rings. The first-order chi connectivity index (χ1) is 6.31. The standard InChI is InChI=1S/C11H8FN/c12-10-3-4-11-8(5-6-13)1-2-9(11)7-10/h3-5,7H,1-2H2. The van der Waals surface area contributed by atoms with Crippen LogP contribution in [0.2, 0.25) is 0 Å². The summed E-state index contributed by atoms with van der Waals surface area (Å²) in [6, 6.07) is 6.75. The molecule has 0 aliphatic heterocycles. The van der Waals surface area contributed by atoms with Gasteiger partial charge in [0.1, 0.15) is 5.82 Å². The third-order valence-electron chi connectivity index (χ3n) is 2.32. The number of nitriles is 1. The second-order valence-corrected chi connectivity index (χ2v) is 3.10. The highest BCUT2D eigenvalue weighted by Gasteiger charge is 2.15. The van der Waals surface area contributed by atoms with Crippen molar-refractivity contribution in [2.24, 2.45) is 0 Å². The molecular formula is C11H8FN. The molecule has 1 nitrogen and oxygen atoms in total. The highest BCUT2D eigenvalue weighted by molar-refractivity contribution is 5.73. The van der Waals surface area contributed by atoms with Crippen LogP contribution < -0.4 is 0 Å². The normalized spacial score (nSPS) is 17.1. The van der Waals surface area contributed by atoms with E-state index in [9.17, 15) is 4.39 Å². The molecule has 13 heavy (non-hydrogen) atoms. The van der Waals surface area contributed by atoms with Gasteiger partial charge in [-0.25, -0.2) is 4.39 Å². The summed E-state index contributed by atoms with van der Waals surface area (Å²) >= 11 is 0. The van der Waals surface area contributed by atoms with Gasteiger partial charge in [-0.05, 0) is 41.7 Å². The van der Waals surface area contributed by atoms with Crippen LogP contribution >= 0.6 is 0 Å². The van der Waals surface area contributed by atoms with E-state index in [4.69, 9.17) is 5.26 Å². The number of fused-ring (bicyclic) bond motifs is 1. The van der Waals surface area contributed by atoms with E-state index in [2.05, 4.69) is 0 Å². The van der Waals surface area contributed by atoms with Crippen LogP contribution in [-0.4, -0.2) is 0 Å². The summed E-state index contributed by atoms with van der Waals surface area (Å²) in [5, 5.41) is 8.51. The third kappa shape index (κ3) is 1.33. The van der Waals surface area contributed by atoms with E-state index in [1.807, 2.05) is 6.07 Å². The number of aryl methyl sites for hydroxylation is 1. The Kier molecular flexibility index (Phi) is 1.86.